The highest BCUT2D eigenvalue weighted by Crippen LogP contribution is 2.27. The molecule has 0 fully saturated rings. The number of anilines is 1. The van der Waals surface area contributed by atoms with E-state index < -0.39 is 10.8 Å². The van der Waals surface area contributed by atoms with Gasteiger partial charge in [-0.15, -0.1) is 10.2 Å². The smallest absolute Gasteiger partial charge is 0.282 e. The van der Waals surface area contributed by atoms with Gasteiger partial charge in [0.2, 0.25) is 5.13 Å². The van der Waals surface area contributed by atoms with Gasteiger partial charge in [-0.25, -0.2) is 0 Å². The molecule has 22 heavy (non-hydrogen) atoms. The number of hydrogen-bond acceptors (Lipinski definition) is 6. The second-order valence-electron chi connectivity index (χ2n) is 4.86. The van der Waals surface area contributed by atoms with E-state index in [9.17, 15) is 14.9 Å². The lowest BCUT2D eigenvalue weighted by Crippen LogP contribution is -2.13. The number of carbonyl (C=O) groups excluding carboxylic acids is 1. The van der Waals surface area contributed by atoms with Crippen LogP contribution in [0.1, 0.15) is 48.0 Å². The summed E-state index contributed by atoms with van der Waals surface area (Å²) in [5.41, 5.74) is -0.227. The van der Waals surface area contributed by atoms with Gasteiger partial charge >= 0.3 is 0 Å². The molecule has 1 heterocycles. The van der Waals surface area contributed by atoms with Gasteiger partial charge in [-0.1, -0.05) is 43.7 Å². The van der Waals surface area contributed by atoms with Crippen LogP contribution in [0.3, 0.4) is 0 Å². The van der Waals surface area contributed by atoms with Crippen LogP contribution in [0.5, 0.6) is 0 Å². The molecular formula is C14H16N4O3S. The van der Waals surface area contributed by atoms with Crippen LogP contribution in [-0.4, -0.2) is 21.0 Å². The third kappa shape index (κ3) is 3.64. The number of amides is 1. The van der Waals surface area contributed by atoms with Crippen molar-refractivity contribution in [3.63, 3.8) is 0 Å². The predicted octanol–water partition coefficient (Wildman–Crippen LogP) is 3.60. The normalized spacial score (nSPS) is 11.9. The number of para-hydroxylation sites is 1. The summed E-state index contributed by atoms with van der Waals surface area (Å²) in [6.07, 6.45) is 2.03. The number of benzene rings is 1. The van der Waals surface area contributed by atoms with E-state index in [4.69, 9.17) is 0 Å². The molecule has 0 saturated carbocycles. The van der Waals surface area contributed by atoms with Crippen molar-refractivity contribution in [2.45, 2.75) is 32.6 Å². The van der Waals surface area contributed by atoms with E-state index in [2.05, 4.69) is 29.4 Å². The quantitative estimate of drug-likeness (QED) is 0.647. The Kier molecular flexibility index (Phi) is 5.16. The van der Waals surface area contributed by atoms with Crippen LogP contribution in [0.25, 0.3) is 0 Å². The van der Waals surface area contributed by atoms with Gasteiger partial charge in [0.15, 0.2) is 0 Å². The van der Waals surface area contributed by atoms with Gasteiger partial charge in [-0.3, -0.25) is 20.2 Å². The number of rotatable bonds is 6. The summed E-state index contributed by atoms with van der Waals surface area (Å²) in [6, 6.07) is 5.81. The molecule has 1 atom stereocenters. The number of nitro groups is 1. The third-order valence-electron chi connectivity index (χ3n) is 3.15. The average Bonchev–Trinajstić information content (AvgIpc) is 2.96. The second kappa shape index (κ2) is 7.08. The van der Waals surface area contributed by atoms with Gasteiger partial charge in [0.25, 0.3) is 11.6 Å². The Hall–Kier alpha value is -2.35. The first-order valence-electron chi connectivity index (χ1n) is 6.91. The molecule has 0 bridgehead atoms. The summed E-state index contributed by atoms with van der Waals surface area (Å²) in [5.74, 6) is -0.280. The molecule has 0 radical (unpaired) electrons. The van der Waals surface area contributed by atoms with Crippen molar-refractivity contribution in [3.05, 3.63) is 45.0 Å². The SMILES string of the molecule is CCCC(C)c1nnc(NC(=O)c2ccccc2[N+](=O)[O-])s1. The van der Waals surface area contributed by atoms with Crippen LogP contribution in [0.15, 0.2) is 24.3 Å². The van der Waals surface area contributed by atoms with Crippen molar-refractivity contribution in [2.24, 2.45) is 0 Å². The van der Waals surface area contributed by atoms with Crippen molar-refractivity contribution in [1.29, 1.82) is 0 Å². The van der Waals surface area contributed by atoms with Crippen LogP contribution >= 0.6 is 11.3 Å². The highest BCUT2D eigenvalue weighted by atomic mass is 32.1. The Balaban J connectivity index is 2.15. The molecule has 8 heteroatoms. The number of aromatic nitrogens is 2. The summed E-state index contributed by atoms with van der Waals surface area (Å²) in [6.45, 7) is 4.15. The molecule has 0 aliphatic carbocycles. The predicted molar refractivity (Wildman–Crippen MR) is 84.3 cm³/mol. The Morgan fingerprint density at radius 2 is 2.14 bits per heavy atom. The van der Waals surface area contributed by atoms with E-state index >= 15 is 0 Å². The Bertz CT molecular complexity index is 686. The zero-order valence-electron chi connectivity index (χ0n) is 12.3. The first-order valence-corrected chi connectivity index (χ1v) is 7.72. The lowest BCUT2D eigenvalue weighted by atomic mass is 10.1. The van der Waals surface area contributed by atoms with Crippen LogP contribution in [0.4, 0.5) is 10.8 Å². The average molecular weight is 320 g/mol. The first kappa shape index (κ1) is 16.0. The maximum absolute atomic E-state index is 12.2. The zero-order chi connectivity index (χ0) is 16.1. The number of nitrogens with zero attached hydrogens (tertiary/aromatic N) is 3. The maximum Gasteiger partial charge on any atom is 0.282 e. The molecule has 1 amide bonds. The molecule has 2 rings (SSSR count). The number of nitrogens with one attached hydrogen (secondary N) is 1. The van der Waals surface area contributed by atoms with Crippen molar-refractivity contribution in [2.75, 3.05) is 5.32 Å². The fourth-order valence-corrected chi connectivity index (χ4v) is 2.85. The van der Waals surface area contributed by atoms with Crippen molar-refractivity contribution >= 4 is 28.1 Å². The lowest BCUT2D eigenvalue weighted by Gasteiger charge is -2.03. The molecule has 1 N–H and O–H groups in total. The van der Waals surface area contributed by atoms with Gasteiger partial charge < -0.3 is 0 Å². The molecule has 0 saturated heterocycles. The minimum Gasteiger partial charge on any atom is -0.296 e. The van der Waals surface area contributed by atoms with Gasteiger partial charge in [-0.05, 0) is 12.5 Å². The Labute approximate surface area is 131 Å². The fraction of sp³-hybridized carbons (Fsp3) is 0.357. The standard InChI is InChI=1S/C14H16N4O3S/c1-3-6-9(2)13-16-17-14(22-13)15-12(19)10-7-4-5-8-11(10)18(20)21/h4-5,7-9H,3,6H2,1-2H3,(H,15,17,19). The Morgan fingerprint density at radius 1 is 1.41 bits per heavy atom. The third-order valence-corrected chi connectivity index (χ3v) is 4.22. The lowest BCUT2D eigenvalue weighted by molar-refractivity contribution is -0.385. The van der Waals surface area contributed by atoms with E-state index in [0.717, 1.165) is 17.8 Å². The number of nitro benzene ring substituents is 1. The molecule has 0 spiro atoms. The summed E-state index contributed by atoms with van der Waals surface area (Å²) in [7, 11) is 0. The molecule has 1 aromatic carbocycles. The minimum atomic E-state index is -0.580. The first-order chi connectivity index (χ1) is 10.5. The molecule has 116 valence electrons. The van der Waals surface area contributed by atoms with Crippen LogP contribution in [0.2, 0.25) is 0 Å². The summed E-state index contributed by atoms with van der Waals surface area (Å²) < 4.78 is 0. The van der Waals surface area contributed by atoms with E-state index in [-0.39, 0.29) is 17.2 Å². The van der Waals surface area contributed by atoms with Gasteiger partial charge in [-0.2, -0.15) is 0 Å². The van der Waals surface area contributed by atoms with E-state index in [1.165, 1.54) is 29.5 Å². The number of carbonyl (C=O) groups is 1. The summed E-state index contributed by atoms with van der Waals surface area (Å²) in [5, 5.41) is 22.7. The minimum absolute atomic E-state index is 0.00542. The zero-order valence-corrected chi connectivity index (χ0v) is 13.1. The maximum atomic E-state index is 12.2. The van der Waals surface area contributed by atoms with Crippen LogP contribution < -0.4 is 5.32 Å². The second-order valence-corrected chi connectivity index (χ2v) is 5.87. The Morgan fingerprint density at radius 3 is 2.82 bits per heavy atom. The van der Waals surface area contributed by atoms with Gasteiger partial charge in [0.05, 0.1) is 4.92 Å². The van der Waals surface area contributed by atoms with Gasteiger partial charge in [0, 0.05) is 12.0 Å². The van der Waals surface area contributed by atoms with Crippen LogP contribution in [-0.2, 0) is 0 Å². The molecule has 2 aromatic rings. The molecular weight excluding hydrogens is 304 g/mol. The number of hydrogen-bond donors (Lipinski definition) is 1. The molecule has 1 unspecified atom stereocenters. The largest absolute Gasteiger partial charge is 0.296 e. The van der Waals surface area contributed by atoms with Crippen molar-refractivity contribution in [1.82, 2.24) is 10.2 Å². The van der Waals surface area contributed by atoms with E-state index in [0.29, 0.717) is 5.13 Å². The highest BCUT2D eigenvalue weighted by molar-refractivity contribution is 7.15. The topological polar surface area (TPSA) is 98.0 Å². The molecule has 7 nitrogen and oxygen atoms in total. The van der Waals surface area contributed by atoms with Gasteiger partial charge in [0.1, 0.15) is 10.6 Å². The monoisotopic (exact) mass is 320 g/mol. The molecule has 0 aliphatic rings. The summed E-state index contributed by atoms with van der Waals surface area (Å²) in [4.78, 5) is 22.5. The van der Waals surface area contributed by atoms with Crippen molar-refractivity contribution < 1.29 is 9.72 Å². The summed E-state index contributed by atoms with van der Waals surface area (Å²) >= 11 is 1.29. The molecule has 0 aliphatic heterocycles. The van der Waals surface area contributed by atoms with Crippen molar-refractivity contribution in [3.8, 4) is 0 Å². The molecule has 1 aromatic heterocycles. The van der Waals surface area contributed by atoms with E-state index in [1.54, 1.807) is 6.07 Å². The van der Waals surface area contributed by atoms with E-state index in [1.807, 2.05) is 0 Å². The highest BCUT2D eigenvalue weighted by Gasteiger charge is 2.20. The van der Waals surface area contributed by atoms with Crippen LogP contribution in [0, 0.1) is 10.1 Å². The fourth-order valence-electron chi connectivity index (χ4n) is 2.03.